The Kier molecular flexibility index (Phi) is 4.12. The number of benzene rings is 1. The van der Waals surface area contributed by atoms with Gasteiger partial charge in [0.25, 0.3) is 5.91 Å². The molecule has 0 aromatic heterocycles. The minimum Gasteiger partial charge on any atom is -0.497 e. The summed E-state index contributed by atoms with van der Waals surface area (Å²) in [6.45, 7) is 4.75. The van der Waals surface area contributed by atoms with Crippen LogP contribution in [0.2, 0.25) is 0 Å². The average molecular weight is 290 g/mol. The number of hydrogen-bond donors (Lipinski definition) is 1. The molecule has 0 radical (unpaired) electrons. The first kappa shape index (κ1) is 14.4. The molecule has 0 aliphatic carbocycles. The summed E-state index contributed by atoms with van der Waals surface area (Å²) >= 11 is 0. The van der Waals surface area contributed by atoms with E-state index in [0.717, 1.165) is 31.9 Å². The van der Waals surface area contributed by atoms with Gasteiger partial charge in [-0.3, -0.25) is 9.69 Å². The van der Waals surface area contributed by atoms with Crippen molar-refractivity contribution in [2.24, 2.45) is 0 Å². The molecular formula is C16H22N2O3. The van der Waals surface area contributed by atoms with Gasteiger partial charge in [0, 0.05) is 30.7 Å². The zero-order chi connectivity index (χ0) is 14.8. The molecule has 2 saturated heterocycles. The Balaban J connectivity index is 1.58. The van der Waals surface area contributed by atoms with Crippen molar-refractivity contribution < 1.29 is 14.3 Å². The highest BCUT2D eigenvalue weighted by molar-refractivity contribution is 5.94. The van der Waals surface area contributed by atoms with Crippen LogP contribution in [0.25, 0.3) is 0 Å². The van der Waals surface area contributed by atoms with Gasteiger partial charge in [-0.25, -0.2) is 0 Å². The maximum absolute atomic E-state index is 12.3. The van der Waals surface area contributed by atoms with E-state index >= 15 is 0 Å². The van der Waals surface area contributed by atoms with Gasteiger partial charge in [-0.2, -0.15) is 0 Å². The lowest BCUT2D eigenvalue weighted by Gasteiger charge is -2.33. The van der Waals surface area contributed by atoms with E-state index < -0.39 is 0 Å². The number of nitrogens with zero attached hydrogens (tertiary/aromatic N) is 1. The SMILES string of the molecule is COc1ccc(C(=O)N[C@H]2C[C@H]3CO[C@@H](C)CN3C2)cc1. The summed E-state index contributed by atoms with van der Waals surface area (Å²) in [6.07, 6.45) is 1.26. The van der Waals surface area contributed by atoms with Crippen LogP contribution in [0.3, 0.4) is 0 Å². The lowest BCUT2D eigenvalue weighted by Crippen LogP contribution is -2.45. The molecule has 114 valence electrons. The lowest BCUT2D eigenvalue weighted by molar-refractivity contribution is -0.0390. The molecule has 1 N–H and O–H groups in total. The Morgan fingerprint density at radius 3 is 2.81 bits per heavy atom. The molecule has 2 aliphatic heterocycles. The molecule has 3 rings (SSSR count). The van der Waals surface area contributed by atoms with Crippen LogP contribution in [0.1, 0.15) is 23.7 Å². The van der Waals surface area contributed by atoms with Crippen molar-refractivity contribution in [2.45, 2.75) is 31.5 Å². The number of morpholine rings is 1. The molecule has 21 heavy (non-hydrogen) atoms. The van der Waals surface area contributed by atoms with Crippen LogP contribution in [-0.4, -0.2) is 55.8 Å². The van der Waals surface area contributed by atoms with Crippen molar-refractivity contribution in [3.8, 4) is 5.75 Å². The molecule has 2 heterocycles. The largest absolute Gasteiger partial charge is 0.497 e. The van der Waals surface area contributed by atoms with E-state index in [1.54, 1.807) is 19.2 Å². The molecular weight excluding hydrogens is 268 g/mol. The van der Waals surface area contributed by atoms with Gasteiger partial charge in [0.05, 0.1) is 19.8 Å². The summed E-state index contributed by atoms with van der Waals surface area (Å²) in [5.74, 6) is 0.743. The minimum atomic E-state index is -0.0172. The predicted octanol–water partition coefficient (Wildman–Crippen LogP) is 1.29. The first-order valence-corrected chi connectivity index (χ1v) is 7.46. The quantitative estimate of drug-likeness (QED) is 0.911. The van der Waals surface area contributed by atoms with Crippen molar-refractivity contribution in [1.29, 1.82) is 0 Å². The van der Waals surface area contributed by atoms with Gasteiger partial charge in [-0.15, -0.1) is 0 Å². The molecule has 2 aliphatic rings. The summed E-state index contributed by atoms with van der Waals surface area (Å²) in [5, 5.41) is 3.13. The van der Waals surface area contributed by atoms with Crippen LogP contribution in [0.15, 0.2) is 24.3 Å². The van der Waals surface area contributed by atoms with Gasteiger partial charge in [-0.05, 0) is 37.6 Å². The molecule has 5 heteroatoms. The van der Waals surface area contributed by atoms with Crippen molar-refractivity contribution in [3.63, 3.8) is 0 Å². The molecule has 5 nitrogen and oxygen atoms in total. The summed E-state index contributed by atoms with van der Waals surface area (Å²) in [4.78, 5) is 14.7. The van der Waals surface area contributed by atoms with Gasteiger partial charge in [0.15, 0.2) is 0 Å². The second-order valence-corrected chi connectivity index (χ2v) is 5.89. The minimum absolute atomic E-state index is 0.0172. The van der Waals surface area contributed by atoms with Crippen LogP contribution in [-0.2, 0) is 4.74 Å². The predicted molar refractivity (Wildman–Crippen MR) is 79.6 cm³/mol. The van der Waals surface area contributed by atoms with E-state index in [9.17, 15) is 4.79 Å². The average Bonchev–Trinajstić information content (AvgIpc) is 2.88. The summed E-state index contributed by atoms with van der Waals surface area (Å²) in [5.41, 5.74) is 0.672. The third kappa shape index (κ3) is 3.19. The number of rotatable bonds is 3. The number of amides is 1. The number of fused-ring (bicyclic) bond motifs is 1. The van der Waals surface area contributed by atoms with Gasteiger partial charge in [-0.1, -0.05) is 0 Å². The second-order valence-electron chi connectivity index (χ2n) is 5.89. The summed E-state index contributed by atoms with van der Waals surface area (Å²) in [6, 6.07) is 7.86. The number of nitrogens with one attached hydrogen (secondary N) is 1. The van der Waals surface area contributed by atoms with Crippen LogP contribution in [0.5, 0.6) is 5.75 Å². The van der Waals surface area contributed by atoms with E-state index in [4.69, 9.17) is 9.47 Å². The number of carbonyl (C=O) groups excluding carboxylic acids is 1. The topological polar surface area (TPSA) is 50.8 Å². The second kappa shape index (κ2) is 6.03. The van der Waals surface area contributed by atoms with Crippen LogP contribution in [0, 0.1) is 0 Å². The van der Waals surface area contributed by atoms with Gasteiger partial charge >= 0.3 is 0 Å². The lowest BCUT2D eigenvalue weighted by atomic mass is 10.1. The Bertz CT molecular complexity index is 503. The summed E-state index contributed by atoms with van der Waals surface area (Å²) < 4.78 is 10.8. The zero-order valence-electron chi connectivity index (χ0n) is 12.5. The van der Waals surface area contributed by atoms with Crippen LogP contribution < -0.4 is 10.1 Å². The molecule has 0 saturated carbocycles. The van der Waals surface area contributed by atoms with E-state index in [-0.39, 0.29) is 18.1 Å². The normalized spacial score (nSPS) is 29.0. The van der Waals surface area contributed by atoms with Gasteiger partial charge in [0.1, 0.15) is 5.75 Å². The fourth-order valence-electron chi connectivity index (χ4n) is 3.16. The number of carbonyl (C=O) groups is 1. The van der Waals surface area contributed by atoms with Gasteiger partial charge in [0.2, 0.25) is 0 Å². The number of ether oxygens (including phenoxy) is 2. The number of methoxy groups -OCH3 is 1. The summed E-state index contributed by atoms with van der Waals surface area (Å²) in [7, 11) is 1.62. The number of hydrogen-bond acceptors (Lipinski definition) is 4. The van der Waals surface area contributed by atoms with Crippen molar-refractivity contribution in [1.82, 2.24) is 10.2 Å². The maximum Gasteiger partial charge on any atom is 0.251 e. The first-order valence-electron chi connectivity index (χ1n) is 7.46. The molecule has 3 atom stereocenters. The standard InChI is InChI=1S/C16H22N2O3/c1-11-8-18-9-13(7-14(18)10-21-11)17-16(19)12-3-5-15(20-2)6-4-12/h3-6,11,13-14H,7-10H2,1-2H3,(H,17,19)/t11-,13-,14-/m0/s1. The zero-order valence-corrected chi connectivity index (χ0v) is 12.5. The molecule has 1 aromatic rings. The first-order chi connectivity index (χ1) is 10.2. The Labute approximate surface area is 125 Å². The van der Waals surface area contributed by atoms with Gasteiger partial charge < -0.3 is 14.8 Å². The Morgan fingerprint density at radius 2 is 2.10 bits per heavy atom. The highest BCUT2D eigenvalue weighted by Gasteiger charge is 2.36. The fourth-order valence-corrected chi connectivity index (χ4v) is 3.16. The van der Waals surface area contributed by atoms with E-state index in [1.807, 2.05) is 12.1 Å². The van der Waals surface area contributed by atoms with E-state index in [1.165, 1.54) is 0 Å². The highest BCUT2D eigenvalue weighted by atomic mass is 16.5. The van der Waals surface area contributed by atoms with Crippen molar-refractivity contribution in [3.05, 3.63) is 29.8 Å². The van der Waals surface area contributed by atoms with Crippen LogP contribution >= 0.6 is 0 Å². The molecule has 0 bridgehead atoms. The van der Waals surface area contributed by atoms with E-state index in [0.29, 0.717) is 11.6 Å². The fraction of sp³-hybridized carbons (Fsp3) is 0.562. The van der Waals surface area contributed by atoms with Crippen LogP contribution in [0.4, 0.5) is 0 Å². The molecule has 1 aromatic carbocycles. The van der Waals surface area contributed by atoms with E-state index in [2.05, 4.69) is 17.1 Å². The van der Waals surface area contributed by atoms with Crippen molar-refractivity contribution >= 4 is 5.91 Å². The van der Waals surface area contributed by atoms with Crippen molar-refractivity contribution in [2.75, 3.05) is 26.8 Å². The highest BCUT2D eigenvalue weighted by Crippen LogP contribution is 2.23. The maximum atomic E-state index is 12.3. The molecule has 2 fully saturated rings. The third-order valence-electron chi connectivity index (χ3n) is 4.28. The third-order valence-corrected chi connectivity index (χ3v) is 4.28. The monoisotopic (exact) mass is 290 g/mol. The smallest absolute Gasteiger partial charge is 0.251 e. The molecule has 0 spiro atoms. The Morgan fingerprint density at radius 1 is 1.33 bits per heavy atom. The molecule has 1 amide bonds. The molecule has 0 unspecified atom stereocenters. The Hall–Kier alpha value is -1.59.